The average Bonchev–Trinajstić information content (AvgIpc) is 2.29. The minimum Gasteiger partial charge on any atom is -0.386 e. The van der Waals surface area contributed by atoms with Crippen LogP contribution in [0.25, 0.3) is 0 Å². The van der Waals surface area contributed by atoms with Crippen LogP contribution in [0.3, 0.4) is 0 Å². The molecule has 0 aliphatic carbocycles. The molecule has 0 atom stereocenters. The van der Waals surface area contributed by atoms with Crippen molar-refractivity contribution in [1.29, 1.82) is 0 Å². The van der Waals surface area contributed by atoms with Gasteiger partial charge in [0.25, 0.3) is 0 Å². The number of hydrogen-bond acceptors (Lipinski definition) is 2. The number of rotatable bonds is 7. The van der Waals surface area contributed by atoms with E-state index in [0.29, 0.717) is 0 Å². The van der Waals surface area contributed by atoms with Crippen LogP contribution in [-0.2, 0) is 12.1 Å². The Morgan fingerprint density at radius 3 is 1.89 bits per heavy atom. The molecule has 0 amide bonds. The Morgan fingerprint density at radius 1 is 1.00 bits per heavy atom. The summed E-state index contributed by atoms with van der Waals surface area (Å²) >= 11 is 0. The molecular weight excluding hydrogens is 222 g/mol. The van der Waals surface area contributed by atoms with E-state index in [2.05, 4.69) is 30.9 Å². The number of hydrogen-bond donors (Lipinski definition) is 1. The van der Waals surface area contributed by atoms with Gasteiger partial charge >= 0.3 is 0 Å². The van der Waals surface area contributed by atoms with Gasteiger partial charge < -0.3 is 5.11 Å². The van der Waals surface area contributed by atoms with Gasteiger partial charge in [0.2, 0.25) is 0 Å². The summed E-state index contributed by atoms with van der Waals surface area (Å²) in [5.74, 6) is 0. The molecule has 18 heavy (non-hydrogen) atoms. The molecule has 0 fully saturated rings. The molecule has 0 spiro atoms. The molecule has 1 rings (SSSR count). The summed E-state index contributed by atoms with van der Waals surface area (Å²) < 4.78 is 0. The third-order valence-corrected chi connectivity index (χ3v) is 3.15. The van der Waals surface area contributed by atoms with E-state index in [9.17, 15) is 5.11 Å². The van der Waals surface area contributed by atoms with E-state index in [-0.39, 0.29) is 0 Å². The van der Waals surface area contributed by atoms with Gasteiger partial charge in [-0.05, 0) is 50.9 Å². The van der Waals surface area contributed by atoms with Gasteiger partial charge in [-0.1, -0.05) is 38.1 Å². The van der Waals surface area contributed by atoms with Crippen LogP contribution in [0.5, 0.6) is 0 Å². The Labute approximate surface area is 112 Å². The molecule has 0 aliphatic rings. The molecule has 0 radical (unpaired) electrons. The van der Waals surface area contributed by atoms with Crippen LogP contribution in [0.1, 0.15) is 51.7 Å². The average molecular weight is 249 g/mol. The third-order valence-electron chi connectivity index (χ3n) is 3.15. The van der Waals surface area contributed by atoms with E-state index in [1.54, 1.807) is 0 Å². The number of nitrogens with zero attached hydrogens (tertiary/aromatic N) is 1. The van der Waals surface area contributed by atoms with Gasteiger partial charge in [0.05, 0.1) is 5.60 Å². The summed E-state index contributed by atoms with van der Waals surface area (Å²) in [6.07, 6.45) is 2.39. The first-order valence-electron chi connectivity index (χ1n) is 7.01. The van der Waals surface area contributed by atoms with Gasteiger partial charge in [-0.3, -0.25) is 4.90 Å². The van der Waals surface area contributed by atoms with Crippen molar-refractivity contribution in [3.05, 3.63) is 35.4 Å². The fraction of sp³-hybridized carbons (Fsp3) is 0.625. The molecule has 1 aromatic rings. The lowest BCUT2D eigenvalue weighted by molar-refractivity contribution is 0.0786. The lowest BCUT2D eigenvalue weighted by Crippen LogP contribution is -2.25. The van der Waals surface area contributed by atoms with E-state index in [4.69, 9.17) is 0 Å². The lowest BCUT2D eigenvalue weighted by atomic mass is 9.97. The van der Waals surface area contributed by atoms with Crippen LogP contribution in [0.4, 0.5) is 0 Å². The number of aliphatic hydroxyl groups is 1. The van der Waals surface area contributed by atoms with Crippen molar-refractivity contribution in [1.82, 2.24) is 4.90 Å². The van der Waals surface area contributed by atoms with Crippen LogP contribution in [0.15, 0.2) is 24.3 Å². The van der Waals surface area contributed by atoms with Crippen molar-refractivity contribution >= 4 is 0 Å². The molecule has 2 nitrogen and oxygen atoms in total. The molecule has 1 N–H and O–H groups in total. The summed E-state index contributed by atoms with van der Waals surface area (Å²) in [5, 5.41) is 9.92. The van der Waals surface area contributed by atoms with Crippen molar-refractivity contribution in [3.63, 3.8) is 0 Å². The Bertz CT molecular complexity index is 331. The molecule has 0 heterocycles. The molecule has 0 unspecified atom stereocenters. The fourth-order valence-electron chi connectivity index (χ4n) is 2.18. The smallest absolute Gasteiger partial charge is 0.0840 e. The highest BCUT2D eigenvalue weighted by Crippen LogP contribution is 2.20. The molecule has 102 valence electrons. The Morgan fingerprint density at radius 2 is 1.50 bits per heavy atom. The van der Waals surface area contributed by atoms with E-state index in [1.807, 2.05) is 26.0 Å². The van der Waals surface area contributed by atoms with Crippen LogP contribution in [-0.4, -0.2) is 23.1 Å². The van der Waals surface area contributed by atoms with Crippen LogP contribution < -0.4 is 0 Å². The molecular formula is C16H27NO. The lowest BCUT2D eigenvalue weighted by Gasteiger charge is -2.22. The fourth-order valence-corrected chi connectivity index (χ4v) is 2.18. The summed E-state index contributed by atoms with van der Waals surface area (Å²) in [7, 11) is 0. The molecule has 0 bridgehead atoms. The van der Waals surface area contributed by atoms with Gasteiger partial charge in [0.1, 0.15) is 0 Å². The largest absolute Gasteiger partial charge is 0.386 e. The monoisotopic (exact) mass is 249 g/mol. The highest BCUT2D eigenvalue weighted by molar-refractivity contribution is 5.26. The first-order valence-corrected chi connectivity index (χ1v) is 7.01. The second-order valence-electron chi connectivity index (χ2n) is 5.53. The second-order valence-corrected chi connectivity index (χ2v) is 5.53. The van der Waals surface area contributed by atoms with E-state index >= 15 is 0 Å². The van der Waals surface area contributed by atoms with Gasteiger partial charge in [0.15, 0.2) is 0 Å². The molecule has 1 aromatic carbocycles. The SMILES string of the molecule is CCCN(CCC)Cc1ccc(C(C)(C)O)cc1. The quantitative estimate of drug-likeness (QED) is 0.799. The normalized spacial score (nSPS) is 12.1. The first kappa shape index (κ1) is 15.2. The molecule has 0 saturated carbocycles. The van der Waals surface area contributed by atoms with E-state index in [0.717, 1.165) is 25.2 Å². The molecule has 0 aromatic heterocycles. The van der Waals surface area contributed by atoms with E-state index in [1.165, 1.54) is 18.4 Å². The zero-order valence-electron chi connectivity index (χ0n) is 12.2. The summed E-state index contributed by atoms with van der Waals surface area (Å²) in [4.78, 5) is 2.49. The van der Waals surface area contributed by atoms with Crippen molar-refractivity contribution in [2.24, 2.45) is 0 Å². The van der Waals surface area contributed by atoms with E-state index < -0.39 is 5.60 Å². The zero-order valence-corrected chi connectivity index (χ0v) is 12.2. The summed E-state index contributed by atoms with van der Waals surface area (Å²) in [6, 6.07) is 8.33. The van der Waals surface area contributed by atoms with Crippen molar-refractivity contribution in [2.75, 3.05) is 13.1 Å². The van der Waals surface area contributed by atoms with Crippen molar-refractivity contribution < 1.29 is 5.11 Å². The van der Waals surface area contributed by atoms with Crippen molar-refractivity contribution in [2.45, 2.75) is 52.7 Å². The standard InChI is InChI=1S/C16H27NO/c1-5-11-17(12-6-2)13-14-7-9-15(10-8-14)16(3,4)18/h7-10,18H,5-6,11-13H2,1-4H3. The summed E-state index contributed by atoms with van der Waals surface area (Å²) in [5.41, 5.74) is 1.55. The maximum atomic E-state index is 9.92. The highest BCUT2D eigenvalue weighted by Gasteiger charge is 2.15. The zero-order chi connectivity index (χ0) is 13.6. The first-order chi connectivity index (χ1) is 8.47. The Kier molecular flexibility index (Phi) is 5.83. The Balaban J connectivity index is 2.67. The third kappa shape index (κ3) is 4.79. The second kappa shape index (κ2) is 6.91. The van der Waals surface area contributed by atoms with Gasteiger partial charge in [-0.25, -0.2) is 0 Å². The number of benzene rings is 1. The van der Waals surface area contributed by atoms with Crippen LogP contribution >= 0.6 is 0 Å². The predicted molar refractivity (Wildman–Crippen MR) is 77.5 cm³/mol. The maximum absolute atomic E-state index is 9.92. The Hall–Kier alpha value is -0.860. The highest BCUT2D eigenvalue weighted by atomic mass is 16.3. The summed E-state index contributed by atoms with van der Waals surface area (Å²) in [6.45, 7) is 11.4. The molecule has 0 aliphatic heterocycles. The maximum Gasteiger partial charge on any atom is 0.0840 e. The van der Waals surface area contributed by atoms with Crippen LogP contribution in [0.2, 0.25) is 0 Å². The molecule has 2 heteroatoms. The van der Waals surface area contributed by atoms with Gasteiger partial charge in [-0.15, -0.1) is 0 Å². The minimum absolute atomic E-state index is 0.745. The van der Waals surface area contributed by atoms with Gasteiger partial charge in [0, 0.05) is 6.54 Å². The minimum atomic E-state index is -0.745. The topological polar surface area (TPSA) is 23.5 Å². The van der Waals surface area contributed by atoms with Crippen molar-refractivity contribution in [3.8, 4) is 0 Å². The predicted octanol–water partition coefficient (Wildman–Crippen LogP) is 3.54. The van der Waals surface area contributed by atoms with Crippen LogP contribution in [0, 0.1) is 0 Å². The molecule has 0 saturated heterocycles. The van der Waals surface area contributed by atoms with Gasteiger partial charge in [-0.2, -0.15) is 0 Å².